The Morgan fingerprint density at radius 1 is 0.278 bits per heavy atom. The van der Waals surface area contributed by atoms with E-state index in [1.807, 2.05) is 11.8 Å². The zero-order valence-electron chi connectivity index (χ0n) is 39.1. The highest BCUT2D eigenvalue weighted by molar-refractivity contribution is 8.00. The Morgan fingerprint density at radius 2 is 0.708 bits per heavy atom. The molecule has 6 heteroatoms. The maximum Gasteiger partial charge on any atom is 0.256 e. The van der Waals surface area contributed by atoms with E-state index in [0.717, 1.165) is 39.7 Å². The van der Waals surface area contributed by atoms with Crippen molar-refractivity contribution >= 4 is 92.1 Å². The molecule has 11 aromatic carbocycles. The van der Waals surface area contributed by atoms with Crippen molar-refractivity contribution in [1.82, 2.24) is 0 Å². The Hall–Kier alpha value is -8.70. The maximum absolute atomic E-state index is 7.41. The van der Waals surface area contributed by atoms with Crippen LogP contribution in [0.5, 0.6) is 11.5 Å². The van der Waals surface area contributed by atoms with Gasteiger partial charge in [0.05, 0.1) is 11.4 Å². The minimum Gasteiger partial charge on any atom is -0.458 e. The molecule has 15 rings (SSSR count). The summed E-state index contributed by atoms with van der Waals surface area (Å²) in [6.07, 6.45) is 0. The van der Waals surface area contributed by atoms with Crippen LogP contribution in [-0.4, -0.2) is 13.4 Å². The number of hydrogen-bond donors (Lipinski definition) is 0. The lowest BCUT2D eigenvalue weighted by Crippen LogP contribution is -2.63. The van der Waals surface area contributed by atoms with Crippen molar-refractivity contribution < 1.29 is 4.74 Å². The molecule has 0 bridgehead atoms. The van der Waals surface area contributed by atoms with E-state index in [1.54, 1.807) is 0 Å². The lowest BCUT2D eigenvalue weighted by molar-refractivity contribution is 0.486. The molecule has 0 fully saturated rings. The molecule has 0 unspecified atom stereocenters. The van der Waals surface area contributed by atoms with Crippen LogP contribution < -0.4 is 47.3 Å². The number of nitrogens with zero attached hydrogens (tertiary/aromatic N) is 2. The van der Waals surface area contributed by atoms with Crippen molar-refractivity contribution in [2.45, 2.75) is 9.79 Å². The minimum atomic E-state index is -0.0791. The first-order valence-corrected chi connectivity index (χ1v) is 25.6. The number of ether oxygens (including phenoxy) is 1. The van der Waals surface area contributed by atoms with Gasteiger partial charge < -0.3 is 14.5 Å². The number of rotatable bonds is 6. The fourth-order valence-corrected chi connectivity index (χ4v) is 13.3. The molecule has 0 amide bonds. The van der Waals surface area contributed by atoms with E-state index in [0.29, 0.717) is 0 Å². The lowest BCUT2D eigenvalue weighted by atomic mass is 9.31. The quantitative estimate of drug-likeness (QED) is 0.154. The second kappa shape index (κ2) is 16.4. The number of para-hydroxylation sites is 4. The van der Waals surface area contributed by atoms with Crippen molar-refractivity contribution in [3.8, 4) is 56.0 Å². The SMILES string of the molecule is c1ccc(-c2cc3c4c(c2)N(c2ccccc2-c2ccccc2)c2ccccc2B4c2cc4c(cc2O3)Sc2cc(-c3ccccc3)cc3c2B4c2ccccc2N3c2ccccc2-c2ccccc2)cc1. The van der Waals surface area contributed by atoms with Gasteiger partial charge >= 0.3 is 0 Å². The average molecular weight is 933 g/mol. The van der Waals surface area contributed by atoms with Gasteiger partial charge in [-0.15, -0.1) is 0 Å². The molecule has 0 aliphatic carbocycles. The number of fused-ring (bicyclic) bond motifs is 8. The zero-order chi connectivity index (χ0) is 47.3. The molecule has 4 aliphatic heterocycles. The van der Waals surface area contributed by atoms with Gasteiger partial charge in [-0.1, -0.05) is 217 Å². The molecule has 0 atom stereocenters. The molecule has 4 aliphatic rings. The standard InChI is InChI=1S/C66H42B2N2OS/c1-5-21-43(22-6-1)47-37-59-65-62(39-47)71-61-42-63-54(41-53(61)67(65)51-31-15-19-35-57(51)69(59)55-33-17-13-29-49(55)45-25-9-3-10-26-45)68-52-32-16-20-36-58(52)70(56-34-18-14-30-50(56)46-27-11-4-12-28-46)60-38-48(40-64(72-63)66(60)68)44-23-7-2-8-24-44/h1-42H. The highest BCUT2D eigenvalue weighted by Gasteiger charge is 2.46. The summed E-state index contributed by atoms with van der Waals surface area (Å²) in [7, 11) is 0. The summed E-state index contributed by atoms with van der Waals surface area (Å²) in [4.78, 5) is 7.52. The molecular formula is C66H42B2N2OS. The Kier molecular flexibility index (Phi) is 9.39. The van der Waals surface area contributed by atoms with Crippen molar-refractivity contribution in [1.29, 1.82) is 0 Å². The molecule has 4 heterocycles. The van der Waals surface area contributed by atoms with E-state index in [9.17, 15) is 0 Å². The average Bonchev–Trinajstić information content (AvgIpc) is 3.45. The second-order valence-electron chi connectivity index (χ2n) is 19.1. The van der Waals surface area contributed by atoms with E-state index < -0.39 is 0 Å². The Labute approximate surface area is 424 Å². The molecular weight excluding hydrogens is 890 g/mol. The van der Waals surface area contributed by atoms with Crippen LogP contribution in [0.15, 0.2) is 265 Å². The lowest BCUT2D eigenvalue weighted by Gasteiger charge is -2.43. The fraction of sp³-hybridized carbons (Fsp3) is 0. The van der Waals surface area contributed by atoms with Gasteiger partial charge in [-0.05, 0) is 115 Å². The monoisotopic (exact) mass is 932 g/mol. The third-order valence-corrected chi connectivity index (χ3v) is 16.3. The van der Waals surface area contributed by atoms with E-state index in [-0.39, 0.29) is 13.4 Å². The zero-order valence-corrected chi connectivity index (χ0v) is 39.9. The van der Waals surface area contributed by atoms with Crippen LogP contribution in [0.3, 0.4) is 0 Å². The van der Waals surface area contributed by atoms with Gasteiger partial charge in [-0.2, -0.15) is 0 Å². The summed E-state index contributed by atoms with van der Waals surface area (Å²) >= 11 is 1.88. The molecule has 0 radical (unpaired) electrons. The summed E-state index contributed by atoms with van der Waals surface area (Å²) in [5.41, 5.74) is 24.0. The smallest absolute Gasteiger partial charge is 0.256 e. The van der Waals surface area contributed by atoms with Crippen molar-refractivity contribution in [3.05, 3.63) is 255 Å². The Balaban J connectivity index is 0.965. The summed E-state index contributed by atoms with van der Waals surface area (Å²) in [6, 6.07) is 93.5. The van der Waals surface area contributed by atoms with Crippen molar-refractivity contribution in [2.75, 3.05) is 9.80 Å². The largest absolute Gasteiger partial charge is 0.458 e. The second-order valence-corrected chi connectivity index (χ2v) is 20.2. The Bertz CT molecular complexity index is 3710. The van der Waals surface area contributed by atoms with Gasteiger partial charge in [0.1, 0.15) is 11.5 Å². The molecule has 0 N–H and O–H groups in total. The van der Waals surface area contributed by atoms with Crippen LogP contribution in [0.4, 0.5) is 34.1 Å². The van der Waals surface area contributed by atoms with Gasteiger partial charge in [0.2, 0.25) is 6.71 Å². The highest BCUT2D eigenvalue weighted by atomic mass is 32.2. The van der Waals surface area contributed by atoms with Crippen LogP contribution in [0.25, 0.3) is 44.5 Å². The van der Waals surface area contributed by atoms with Crippen LogP contribution in [0, 0.1) is 0 Å². The van der Waals surface area contributed by atoms with E-state index in [1.165, 1.54) is 93.0 Å². The molecule has 334 valence electrons. The molecule has 3 nitrogen and oxygen atoms in total. The molecule has 0 aromatic heterocycles. The summed E-state index contributed by atoms with van der Waals surface area (Å²) in [6.45, 7) is -0.100. The van der Waals surface area contributed by atoms with Crippen LogP contribution in [-0.2, 0) is 0 Å². The molecule has 72 heavy (non-hydrogen) atoms. The minimum absolute atomic E-state index is 0.0212. The fourth-order valence-electron chi connectivity index (χ4n) is 12.1. The number of hydrogen-bond acceptors (Lipinski definition) is 4. The Morgan fingerprint density at radius 3 is 1.25 bits per heavy atom. The van der Waals surface area contributed by atoms with Gasteiger partial charge in [0.15, 0.2) is 0 Å². The predicted molar refractivity (Wildman–Crippen MR) is 304 cm³/mol. The molecule has 0 saturated carbocycles. The van der Waals surface area contributed by atoms with Gasteiger partial charge in [-0.3, -0.25) is 0 Å². The van der Waals surface area contributed by atoms with Crippen LogP contribution in [0.1, 0.15) is 0 Å². The maximum atomic E-state index is 7.41. The first-order valence-electron chi connectivity index (χ1n) is 24.8. The summed E-state index contributed by atoms with van der Waals surface area (Å²) < 4.78 is 7.41. The third kappa shape index (κ3) is 6.35. The first kappa shape index (κ1) is 41.1. The van der Waals surface area contributed by atoms with Crippen LogP contribution >= 0.6 is 11.8 Å². The number of anilines is 6. The third-order valence-electron chi connectivity index (χ3n) is 15.2. The summed E-state index contributed by atoms with van der Waals surface area (Å²) in [5.74, 6) is 1.80. The van der Waals surface area contributed by atoms with Gasteiger partial charge in [0.25, 0.3) is 6.71 Å². The van der Waals surface area contributed by atoms with Crippen molar-refractivity contribution in [2.24, 2.45) is 0 Å². The van der Waals surface area contributed by atoms with Crippen molar-refractivity contribution in [3.63, 3.8) is 0 Å². The molecule has 0 saturated heterocycles. The molecule has 11 aromatic rings. The number of benzene rings is 11. The van der Waals surface area contributed by atoms with E-state index in [4.69, 9.17) is 4.74 Å². The predicted octanol–water partition coefficient (Wildman–Crippen LogP) is 13.5. The first-order chi connectivity index (χ1) is 35.7. The molecule has 0 spiro atoms. The van der Waals surface area contributed by atoms with Crippen LogP contribution in [0.2, 0.25) is 0 Å². The topological polar surface area (TPSA) is 15.7 Å². The summed E-state index contributed by atoms with van der Waals surface area (Å²) in [5, 5.41) is 0. The van der Waals surface area contributed by atoms with Gasteiger partial charge in [0, 0.05) is 43.7 Å². The van der Waals surface area contributed by atoms with Gasteiger partial charge in [-0.25, -0.2) is 0 Å². The van der Waals surface area contributed by atoms with E-state index in [2.05, 4.69) is 265 Å². The highest BCUT2D eigenvalue weighted by Crippen LogP contribution is 2.49. The normalized spacial score (nSPS) is 13.2. The van der Waals surface area contributed by atoms with E-state index >= 15 is 0 Å².